The zero-order valence-corrected chi connectivity index (χ0v) is 14.7. The van der Waals surface area contributed by atoms with Crippen molar-refractivity contribution in [3.8, 4) is 5.75 Å². The summed E-state index contributed by atoms with van der Waals surface area (Å²) in [5.74, 6) is -2.00. The molecule has 1 aromatic carbocycles. The van der Waals surface area contributed by atoms with Gasteiger partial charge in [-0.3, -0.25) is 19.7 Å². The number of nitrogens with zero attached hydrogens (tertiary/aromatic N) is 1. The summed E-state index contributed by atoms with van der Waals surface area (Å²) in [5.41, 5.74) is 0.206. The molecule has 3 amide bonds. The number of amides is 3. The Bertz CT molecular complexity index is 831. The van der Waals surface area contributed by atoms with E-state index in [0.29, 0.717) is 5.75 Å². The van der Waals surface area contributed by atoms with E-state index in [-0.39, 0.29) is 22.3 Å². The number of hydrogen-bond donors (Lipinski definition) is 2. The second-order valence-electron chi connectivity index (χ2n) is 4.90. The lowest BCUT2D eigenvalue weighted by molar-refractivity contribution is -0.123. The Kier molecular flexibility index (Phi) is 6.39. The van der Waals surface area contributed by atoms with Crippen molar-refractivity contribution in [1.82, 2.24) is 10.3 Å². The smallest absolute Gasteiger partial charge is 0.358 e. The van der Waals surface area contributed by atoms with Crippen LogP contribution in [0.3, 0.4) is 0 Å². The first-order valence-corrected chi connectivity index (χ1v) is 8.15. The molecule has 0 unspecified atom stereocenters. The van der Waals surface area contributed by atoms with Gasteiger partial charge in [0.2, 0.25) is 5.91 Å². The van der Waals surface area contributed by atoms with Crippen molar-refractivity contribution in [2.24, 2.45) is 0 Å². The molecular weight excluding hydrogens is 362 g/mol. The summed E-state index contributed by atoms with van der Waals surface area (Å²) in [6.45, 7) is 0.664. The van der Waals surface area contributed by atoms with Gasteiger partial charge in [0.25, 0.3) is 11.8 Å². The minimum absolute atomic E-state index is 0.0481. The molecule has 10 heteroatoms. The Labute approximate surface area is 152 Å². The standard InChI is InChI=1S/C16H15N3O6S/c1-9(20)17-16-18-12(8-26-16)15(23)25-7-13(21)19-14(22)10-3-5-11(24-2)6-4-10/h3-6,8H,7H2,1-2H3,(H,17,18,20)(H,19,21,22). The maximum atomic E-state index is 11.9. The molecule has 0 aliphatic heterocycles. The Morgan fingerprint density at radius 2 is 1.85 bits per heavy atom. The third kappa shape index (κ3) is 5.38. The lowest BCUT2D eigenvalue weighted by atomic mass is 10.2. The predicted octanol–water partition coefficient (Wildman–Crippen LogP) is 1.22. The maximum absolute atomic E-state index is 11.9. The van der Waals surface area contributed by atoms with Crippen LogP contribution in [-0.4, -0.2) is 42.4 Å². The van der Waals surface area contributed by atoms with Crippen molar-refractivity contribution in [3.63, 3.8) is 0 Å². The average Bonchev–Trinajstić information content (AvgIpc) is 3.07. The minimum Gasteiger partial charge on any atom is -0.497 e. The number of benzene rings is 1. The van der Waals surface area contributed by atoms with Gasteiger partial charge in [0.1, 0.15) is 5.75 Å². The second-order valence-corrected chi connectivity index (χ2v) is 5.76. The lowest BCUT2D eigenvalue weighted by Crippen LogP contribution is -2.34. The quantitative estimate of drug-likeness (QED) is 0.726. The molecule has 26 heavy (non-hydrogen) atoms. The van der Waals surface area contributed by atoms with Crippen molar-refractivity contribution in [3.05, 3.63) is 40.9 Å². The lowest BCUT2D eigenvalue weighted by Gasteiger charge is -2.05. The molecule has 2 rings (SSSR count). The zero-order valence-electron chi connectivity index (χ0n) is 13.9. The van der Waals surface area contributed by atoms with E-state index in [2.05, 4.69) is 15.6 Å². The molecule has 0 saturated carbocycles. The van der Waals surface area contributed by atoms with Gasteiger partial charge in [-0.05, 0) is 24.3 Å². The highest BCUT2D eigenvalue weighted by atomic mass is 32.1. The molecule has 1 aromatic heterocycles. The Hall–Kier alpha value is -3.27. The van der Waals surface area contributed by atoms with Crippen LogP contribution >= 0.6 is 11.3 Å². The molecule has 2 aromatic rings. The van der Waals surface area contributed by atoms with E-state index in [1.54, 1.807) is 12.1 Å². The Morgan fingerprint density at radius 3 is 2.46 bits per heavy atom. The van der Waals surface area contributed by atoms with Crippen LogP contribution < -0.4 is 15.4 Å². The van der Waals surface area contributed by atoms with E-state index in [4.69, 9.17) is 9.47 Å². The molecule has 9 nitrogen and oxygen atoms in total. The fraction of sp³-hybridized carbons (Fsp3) is 0.188. The summed E-state index contributed by atoms with van der Waals surface area (Å²) >= 11 is 1.04. The number of aromatic nitrogens is 1. The van der Waals surface area contributed by atoms with Gasteiger partial charge in [-0.1, -0.05) is 0 Å². The highest BCUT2D eigenvalue weighted by molar-refractivity contribution is 7.14. The largest absolute Gasteiger partial charge is 0.497 e. The number of methoxy groups -OCH3 is 1. The van der Waals surface area contributed by atoms with E-state index in [1.165, 1.54) is 31.5 Å². The van der Waals surface area contributed by atoms with Crippen molar-refractivity contribution < 1.29 is 28.7 Å². The van der Waals surface area contributed by atoms with Crippen LogP contribution in [-0.2, 0) is 14.3 Å². The number of esters is 1. The normalized spacial score (nSPS) is 9.92. The number of hydrogen-bond acceptors (Lipinski definition) is 8. The van der Waals surface area contributed by atoms with Gasteiger partial charge in [-0.25, -0.2) is 9.78 Å². The second kappa shape index (κ2) is 8.72. The third-order valence-electron chi connectivity index (χ3n) is 2.94. The first-order chi connectivity index (χ1) is 12.4. The summed E-state index contributed by atoms with van der Waals surface area (Å²) in [6.07, 6.45) is 0. The van der Waals surface area contributed by atoms with Gasteiger partial charge in [0, 0.05) is 17.9 Å². The summed E-state index contributed by atoms with van der Waals surface area (Å²) in [7, 11) is 1.49. The van der Waals surface area contributed by atoms with Crippen molar-refractivity contribution in [2.75, 3.05) is 19.0 Å². The van der Waals surface area contributed by atoms with Crippen LogP contribution in [0.25, 0.3) is 0 Å². The highest BCUT2D eigenvalue weighted by Gasteiger charge is 2.16. The summed E-state index contributed by atoms with van der Waals surface area (Å²) in [6, 6.07) is 6.14. The van der Waals surface area contributed by atoms with Gasteiger partial charge < -0.3 is 14.8 Å². The Morgan fingerprint density at radius 1 is 1.15 bits per heavy atom. The molecule has 0 spiro atoms. The van der Waals surface area contributed by atoms with Crippen LogP contribution in [0.5, 0.6) is 5.75 Å². The van der Waals surface area contributed by atoms with Gasteiger partial charge in [-0.15, -0.1) is 11.3 Å². The number of thiazole rings is 1. The monoisotopic (exact) mass is 377 g/mol. The van der Waals surface area contributed by atoms with Crippen LogP contribution in [0, 0.1) is 0 Å². The third-order valence-corrected chi connectivity index (χ3v) is 3.69. The molecule has 2 N–H and O–H groups in total. The average molecular weight is 377 g/mol. The molecule has 136 valence electrons. The topological polar surface area (TPSA) is 124 Å². The molecule has 0 saturated heterocycles. The van der Waals surface area contributed by atoms with E-state index in [1.807, 2.05) is 0 Å². The SMILES string of the molecule is COc1ccc(C(=O)NC(=O)COC(=O)c2csc(NC(C)=O)n2)cc1. The van der Waals surface area contributed by atoms with Crippen molar-refractivity contribution in [2.45, 2.75) is 6.92 Å². The van der Waals surface area contributed by atoms with Crippen molar-refractivity contribution in [1.29, 1.82) is 0 Å². The maximum Gasteiger partial charge on any atom is 0.358 e. The van der Waals surface area contributed by atoms with Gasteiger partial charge in [0.15, 0.2) is 17.4 Å². The van der Waals surface area contributed by atoms with Gasteiger partial charge in [0.05, 0.1) is 7.11 Å². The van der Waals surface area contributed by atoms with Crippen molar-refractivity contribution >= 4 is 40.2 Å². The molecule has 0 aliphatic carbocycles. The number of rotatable bonds is 6. The van der Waals surface area contributed by atoms with Crippen LogP contribution in [0.2, 0.25) is 0 Å². The summed E-state index contributed by atoms with van der Waals surface area (Å²) in [4.78, 5) is 50.2. The number of anilines is 1. The minimum atomic E-state index is -0.843. The molecule has 0 atom stereocenters. The van der Waals surface area contributed by atoms with Crippen LogP contribution in [0.15, 0.2) is 29.6 Å². The van der Waals surface area contributed by atoms with E-state index >= 15 is 0 Å². The van der Waals surface area contributed by atoms with E-state index < -0.39 is 24.4 Å². The first-order valence-electron chi connectivity index (χ1n) is 7.27. The fourth-order valence-electron chi connectivity index (χ4n) is 1.76. The summed E-state index contributed by atoms with van der Waals surface area (Å²) < 4.78 is 9.77. The molecule has 0 bridgehead atoms. The number of imide groups is 1. The number of carbonyl (C=O) groups excluding carboxylic acids is 4. The molecule has 1 heterocycles. The highest BCUT2D eigenvalue weighted by Crippen LogP contribution is 2.16. The van der Waals surface area contributed by atoms with E-state index in [0.717, 1.165) is 11.3 Å². The number of nitrogens with one attached hydrogen (secondary N) is 2. The molecule has 0 aliphatic rings. The molecule has 0 radical (unpaired) electrons. The number of carbonyl (C=O) groups is 4. The number of ether oxygens (including phenoxy) is 2. The first kappa shape index (κ1) is 19.1. The summed E-state index contributed by atoms with van der Waals surface area (Å²) in [5, 5.41) is 6.15. The van der Waals surface area contributed by atoms with Gasteiger partial charge in [-0.2, -0.15) is 0 Å². The predicted molar refractivity (Wildman–Crippen MR) is 92.2 cm³/mol. The Balaban J connectivity index is 1.83. The zero-order chi connectivity index (χ0) is 19.1. The van der Waals surface area contributed by atoms with E-state index in [9.17, 15) is 19.2 Å². The van der Waals surface area contributed by atoms with Crippen LogP contribution in [0.4, 0.5) is 5.13 Å². The van der Waals surface area contributed by atoms with Crippen LogP contribution in [0.1, 0.15) is 27.8 Å². The fourth-order valence-corrected chi connectivity index (χ4v) is 2.48. The molecular formula is C16H15N3O6S. The molecule has 0 fully saturated rings. The van der Waals surface area contributed by atoms with Gasteiger partial charge >= 0.3 is 5.97 Å².